The largest absolute Gasteiger partial charge is 0.384 e. The number of rotatable bonds is 3. The predicted octanol–water partition coefficient (Wildman–Crippen LogP) is 3.50. The number of fused-ring (bicyclic) bond motifs is 1. The van der Waals surface area contributed by atoms with Crippen LogP contribution in [0.25, 0.3) is 0 Å². The van der Waals surface area contributed by atoms with E-state index >= 15 is 4.39 Å². The third-order valence-corrected chi connectivity index (χ3v) is 4.91. The van der Waals surface area contributed by atoms with Crippen LogP contribution in [0.15, 0.2) is 30.5 Å². The van der Waals surface area contributed by atoms with E-state index in [1.165, 1.54) is 31.3 Å². The van der Waals surface area contributed by atoms with E-state index in [-0.39, 0.29) is 34.7 Å². The van der Waals surface area contributed by atoms with Crippen molar-refractivity contribution in [2.24, 2.45) is 0 Å². The Labute approximate surface area is 153 Å². The van der Waals surface area contributed by atoms with Crippen LogP contribution in [0.5, 0.6) is 0 Å². The van der Waals surface area contributed by atoms with E-state index in [2.05, 4.69) is 10.3 Å². The fourth-order valence-corrected chi connectivity index (χ4v) is 3.22. The number of hydrogen-bond acceptors (Lipinski definition) is 3. The third-order valence-electron chi connectivity index (χ3n) is 4.62. The van der Waals surface area contributed by atoms with Crippen molar-refractivity contribution in [3.8, 4) is 0 Å². The summed E-state index contributed by atoms with van der Waals surface area (Å²) >= 11 is 5.48. The Bertz CT molecular complexity index is 876. The van der Waals surface area contributed by atoms with Gasteiger partial charge in [0.15, 0.2) is 11.6 Å². The maximum atomic E-state index is 15.5. The van der Waals surface area contributed by atoms with Crippen molar-refractivity contribution in [2.45, 2.75) is 37.6 Å². The maximum Gasteiger partial charge on any atom is 0.262 e. The van der Waals surface area contributed by atoms with Crippen LogP contribution in [0.1, 0.15) is 36.6 Å². The van der Waals surface area contributed by atoms with Crippen LogP contribution in [-0.2, 0) is 22.6 Å². The highest BCUT2D eigenvalue weighted by molar-refractivity contribution is 6.30. The van der Waals surface area contributed by atoms with Gasteiger partial charge in [-0.15, -0.1) is 0 Å². The fourth-order valence-electron chi connectivity index (χ4n) is 3.08. The lowest BCUT2D eigenvalue weighted by atomic mass is 9.75. The third kappa shape index (κ3) is 3.05. The second-order valence-electron chi connectivity index (χ2n) is 6.49. The number of pyridine rings is 1. The molecule has 3 rings (SSSR count). The van der Waals surface area contributed by atoms with E-state index in [0.717, 1.165) is 6.07 Å². The first-order valence-corrected chi connectivity index (χ1v) is 8.32. The van der Waals surface area contributed by atoms with Crippen LogP contribution in [-0.4, -0.2) is 16.0 Å². The van der Waals surface area contributed by atoms with Gasteiger partial charge in [-0.2, -0.15) is 0 Å². The van der Waals surface area contributed by atoms with Gasteiger partial charge >= 0.3 is 0 Å². The number of halogens is 4. The Kier molecular flexibility index (Phi) is 4.71. The molecule has 2 aromatic rings. The summed E-state index contributed by atoms with van der Waals surface area (Å²) in [7, 11) is 0. The lowest BCUT2D eigenvalue weighted by molar-refractivity contribution is -0.136. The average molecular weight is 385 g/mol. The molecule has 0 unspecified atom stereocenters. The molecular weight excluding hydrogens is 369 g/mol. The summed E-state index contributed by atoms with van der Waals surface area (Å²) in [4.78, 5) is 16.5. The summed E-state index contributed by atoms with van der Waals surface area (Å²) in [5.74, 6) is -3.42. The highest BCUT2D eigenvalue weighted by Gasteiger charge is 2.50. The summed E-state index contributed by atoms with van der Waals surface area (Å²) < 4.78 is 42.8. The number of benzene rings is 1. The monoisotopic (exact) mass is 384 g/mol. The van der Waals surface area contributed by atoms with Crippen molar-refractivity contribution in [3.63, 3.8) is 0 Å². The molecule has 0 spiro atoms. The van der Waals surface area contributed by atoms with Gasteiger partial charge in [0.1, 0.15) is 5.60 Å². The molecule has 0 saturated heterocycles. The lowest BCUT2D eigenvalue weighted by Gasteiger charge is -2.37. The molecule has 2 N–H and O–H groups in total. The van der Waals surface area contributed by atoms with Crippen LogP contribution < -0.4 is 5.32 Å². The van der Waals surface area contributed by atoms with Crippen molar-refractivity contribution in [1.82, 2.24) is 10.3 Å². The van der Waals surface area contributed by atoms with Crippen molar-refractivity contribution in [1.29, 1.82) is 0 Å². The Morgan fingerprint density at radius 3 is 2.77 bits per heavy atom. The number of carbonyl (C=O) groups excluding carboxylic acids is 1. The van der Waals surface area contributed by atoms with E-state index in [1.807, 2.05) is 0 Å². The summed E-state index contributed by atoms with van der Waals surface area (Å²) in [6.45, 7) is 1.10. The summed E-state index contributed by atoms with van der Waals surface area (Å²) in [6.07, 6.45) is 1.13. The molecule has 26 heavy (non-hydrogen) atoms. The van der Waals surface area contributed by atoms with Crippen LogP contribution in [0.2, 0.25) is 5.02 Å². The minimum atomic E-state index is -2.42. The van der Waals surface area contributed by atoms with Gasteiger partial charge in [0.05, 0.1) is 10.7 Å². The van der Waals surface area contributed by atoms with Crippen molar-refractivity contribution in [3.05, 3.63) is 63.9 Å². The molecule has 0 radical (unpaired) electrons. The molecular formula is C18H16ClF3N2O2. The highest BCUT2D eigenvalue weighted by Crippen LogP contribution is 2.45. The molecule has 1 aliphatic carbocycles. The number of alkyl halides is 1. The molecule has 1 aromatic heterocycles. The average Bonchev–Trinajstić information content (AvgIpc) is 2.62. The molecule has 1 heterocycles. The summed E-state index contributed by atoms with van der Waals surface area (Å²) in [5.41, 5.74) is -3.87. The smallest absolute Gasteiger partial charge is 0.262 e. The molecule has 0 bridgehead atoms. The molecule has 4 nitrogen and oxygen atoms in total. The Hall–Kier alpha value is -2.12. The van der Waals surface area contributed by atoms with E-state index in [0.29, 0.717) is 0 Å². The molecule has 8 heteroatoms. The van der Waals surface area contributed by atoms with Crippen molar-refractivity contribution >= 4 is 17.5 Å². The minimum Gasteiger partial charge on any atom is -0.384 e. The zero-order chi connectivity index (χ0) is 19.1. The summed E-state index contributed by atoms with van der Waals surface area (Å²) in [5, 5.41) is 12.3. The lowest BCUT2D eigenvalue weighted by Crippen LogP contribution is -2.47. The zero-order valence-electron chi connectivity index (χ0n) is 13.8. The van der Waals surface area contributed by atoms with E-state index < -0.39 is 35.4 Å². The van der Waals surface area contributed by atoms with Gasteiger partial charge in [-0.05, 0) is 31.9 Å². The molecule has 0 fully saturated rings. The maximum absolute atomic E-state index is 15.5. The Morgan fingerprint density at radius 1 is 1.31 bits per heavy atom. The van der Waals surface area contributed by atoms with Gasteiger partial charge < -0.3 is 10.4 Å². The van der Waals surface area contributed by atoms with Gasteiger partial charge in [-0.1, -0.05) is 23.7 Å². The van der Waals surface area contributed by atoms with Gasteiger partial charge in [0.25, 0.3) is 5.91 Å². The molecule has 0 aliphatic heterocycles. The number of nitrogens with zero attached hydrogens (tertiary/aromatic N) is 1. The first kappa shape index (κ1) is 18.7. The number of amides is 1. The Morgan fingerprint density at radius 2 is 2.04 bits per heavy atom. The van der Waals surface area contributed by atoms with Crippen LogP contribution in [0, 0.1) is 11.6 Å². The number of nitrogens with one attached hydrogen (secondary N) is 1. The normalized spacial score (nSPS) is 24.8. The van der Waals surface area contributed by atoms with Crippen LogP contribution in [0.3, 0.4) is 0 Å². The number of aliphatic hydroxyl groups is 1. The van der Waals surface area contributed by atoms with Crippen molar-refractivity contribution < 1.29 is 23.1 Å². The topological polar surface area (TPSA) is 62.2 Å². The predicted molar refractivity (Wildman–Crippen MR) is 89.0 cm³/mol. The SMILES string of the molecule is C[C@]1(O)CC[C@@](F)(C(=O)NCc2ccc(Cl)c(F)c2F)c2cccnc21. The molecule has 138 valence electrons. The van der Waals surface area contributed by atoms with Crippen LogP contribution >= 0.6 is 11.6 Å². The first-order valence-electron chi connectivity index (χ1n) is 7.95. The number of hydrogen-bond donors (Lipinski definition) is 2. The van der Waals surface area contributed by atoms with Gasteiger partial charge in [-0.25, -0.2) is 13.2 Å². The zero-order valence-corrected chi connectivity index (χ0v) is 14.6. The fraction of sp³-hybridized carbons (Fsp3) is 0.333. The van der Waals surface area contributed by atoms with E-state index in [9.17, 15) is 18.7 Å². The summed E-state index contributed by atoms with van der Waals surface area (Å²) in [6, 6.07) is 5.23. The molecule has 1 aliphatic rings. The Balaban J connectivity index is 1.85. The minimum absolute atomic E-state index is 0.00906. The highest BCUT2D eigenvalue weighted by atomic mass is 35.5. The van der Waals surface area contributed by atoms with Gasteiger partial charge in [0, 0.05) is 23.9 Å². The first-order chi connectivity index (χ1) is 12.2. The number of carbonyl (C=O) groups is 1. The van der Waals surface area contributed by atoms with Gasteiger partial charge in [0.2, 0.25) is 5.67 Å². The van der Waals surface area contributed by atoms with Crippen LogP contribution in [0.4, 0.5) is 13.2 Å². The second kappa shape index (κ2) is 6.55. The molecule has 0 saturated carbocycles. The van der Waals surface area contributed by atoms with E-state index in [1.54, 1.807) is 0 Å². The van der Waals surface area contributed by atoms with E-state index in [4.69, 9.17) is 11.6 Å². The standard InChI is InChI=1S/C18H16ClF3N2O2/c1-17(26)6-7-18(22,11-3-2-8-23-15(11)17)16(25)24-9-10-4-5-12(19)14(21)13(10)20/h2-5,8,26H,6-7,9H2,1H3,(H,24,25)/t17-,18-/m0/s1. The second-order valence-corrected chi connectivity index (χ2v) is 6.90. The molecule has 1 aromatic carbocycles. The molecule has 2 atom stereocenters. The molecule has 1 amide bonds. The quantitative estimate of drug-likeness (QED) is 0.796. The van der Waals surface area contributed by atoms with Crippen molar-refractivity contribution in [2.75, 3.05) is 0 Å². The van der Waals surface area contributed by atoms with Gasteiger partial charge in [-0.3, -0.25) is 9.78 Å². The number of aromatic nitrogens is 1.